The number of carbonyl (C=O) groups is 1. The summed E-state index contributed by atoms with van der Waals surface area (Å²) in [7, 11) is 1.37. The van der Waals surface area contributed by atoms with Crippen LogP contribution < -0.4 is 0 Å². The Morgan fingerprint density at radius 3 is 2.79 bits per heavy atom. The lowest BCUT2D eigenvalue weighted by Crippen LogP contribution is -2.55. The first kappa shape index (κ1) is 18.9. The molecule has 5 aliphatic rings. The van der Waals surface area contributed by atoms with Gasteiger partial charge in [0.05, 0.1) is 7.11 Å². The molecule has 5 nitrogen and oxygen atoms in total. The van der Waals surface area contributed by atoms with Crippen molar-refractivity contribution in [2.75, 3.05) is 7.11 Å². The van der Waals surface area contributed by atoms with Gasteiger partial charge in [-0.15, -0.1) is 0 Å². The van der Waals surface area contributed by atoms with Gasteiger partial charge < -0.3 is 19.3 Å². The monoisotopic (exact) mass is 390 g/mol. The molecule has 1 N–H and O–H groups in total. The average Bonchev–Trinajstić information content (AvgIpc) is 3.16. The Kier molecular flexibility index (Phi) is 4.04. The maximum Gasteiger partial charge on any atom is 0.508 e. The lowest BCUT2D eigenvalue weighted by molar-refractivity contribution is -0.0997. The lowest BCUT2D eigenvalue weighted by Gasteiger charge is -2.58. The van der Waals surface area contributed by atoms with Crippen molar-refractivity contribution >= 4 is 6.16 Å². The Morgan fingerprint density at radius 2 is 2.07 bits per heavy atom. The van der Waals surface area contributed by atoms with Crippen LogP contribution >= 0.6 is 0 Å². The van der Waals surface area contributed by atoms with Crippen molar-refractivity contribution < 1.29 is 24.1 Å². The predicted octanol–water partition coefficient (Wildman–Crippen LogP) is 4.43. The summed E-state index contributed by atoms with van der Waals surface area (Å²) in [6, 6.07) is 0. The van der Waals surface area contributed by atoms with E-state index in [-0.39, 0.29) is 17.6 Å². The van der Waals surface area contributed by atoms with Crippen molar-refractivity contribution in [3.8, 4) is 0 Å². The van der Waals surface area contributed by atoms with Crippen LogP contribution in [0.3, 0.4) is 0 Å². The molecular weight excluding hydrogens is 356 g/mol. The van der Waals surface area contributed by atoms with E-state index in [0.717, 1.165) is 18.8 Å². The lowest BCUT2D eigenvalue weighted by atomic mass is 9.46. The van der Waals surface area contributed by atoms with Crippen molar-refractivity contribution in [3.05, 3.63) is 11.6 Å². The Balaban J connectivity index is 1.55. The Labute approximate surface area is 167 Å². The Bertz CT molecular complexity index is 718. The third kappa shape index (κ3) is 2.41. The van der Waals surface area contributed by atoms with Crippen molar-refractivity contribution in [1.29, 1.82) is 0 Å². The number of ether oxygens (including phenoxy) is 3. The van der Waals surface area contributed by atoms with Gasteiger partial charge in [0.2, 0.25) is 0 Å². The highest BCUT2D eigenvalue weighted by atomic mass is 16.7. The zero-order valence-corrected chi connectivity index (χ0v) is 17.6. The Hall–Kier alpha value is -1.07. The summed E-state index contributed by atoms with van der Waals surface area (Å²) in [6.45, 7) is 7.16. The first-order valence-corrected chi connectivity index (χ1v) is 11.1. The second kappa shape index (κ2) is 5.98. The van der Waals surface area contributed by atoms with Gasteiger partial charge in [0, 0.05) is 12.3 Å². The standard InChI is InChI=1S/C23H34O5/c1-5-13-6-7-15-19-16(8-9-21(13,15)2)22(3)12-18-23(25,28-18)11-14(22)10-17(19)27-20(24)26-4/h10,13,15-19,25H,5-9,11-12H2,1-4H3/t13-,15-,16-,17+,18-,19-,21+,22-,23-/m0/s1. The molecule has 4 fully saturated rings. The predicted molar refractivity (Wildman–Crippen MR) is 103 cm³/mol. The molecule has 0 aromatic carbocycles. The highest BCUT2D eigenvalue weighted by molar-refractivity contribution is 5.60. The number of hydrogen-bond acceptors (Lipinski definition) is 5. The van der Waals surface area contributed by atoms with Crippen LogP contribution in [0, 0.1) is 34.5 Å². The van der Waals surface area contributed by atoms with Gasteiger partial charge in [-0.2, -0.15) is 0 Å². The van der Waals surface area contributed by atoms with E-state index in [9.17, 15) is 9.90 Å². The van der Waals surface area contributed by atoms with Crippen molar-refractivity contribution in [1.82, 2.24) is 0 Å². The normalized spacial score (nSPS) is 53.8. The molecule has 0 amide bonds. The molecule has 1 saturated heterocycles. The second-order valence-electron chi connectivity index (χ2n) is 10.5. The maximum atomic E-state index is 12.1. The van der Waals surface area contributed by atoms with Crippen LogP contribution in [0.2, 0.25) is 0 Å². The van der Waals surface area contributed by atoms with E-state index in [2.05, 4.69) is 26.8 Å². The van der Waals surface area contributed by atoms with E-state index in [1.807, 2.05) is 0 Å². The molecule has 4 aliphatic carbocycles. The van der Waals surface area contributed by atoms with E-state index in [4.69, 9.17) is 14.2 Å². The summed E-state index contributed by atoms with van der Waals surface area (Å²) in [4.78, 5) is 12.1. The summed E-state index contributed by atoms with van der Waals surface area (Å²) in [6.07, 6.45) is 8.82. The van der Waals surface area contributed by atoms with Crippen LogP contribution in [0.4, 0.5) is 4.79 Å². The van der Waals surface area contributed by atoms with Gasteiger partial charge in [0.1, 0.15) is 12.2 Å². The zero-order chi connectivity index (χ0) is 19.9. The number of epoxide rings is 1. The quantitative estimate of drug-likeness (QED) is 0.429. The molecule has 0 bridgehead atoms. The van der Waals surface area contributed by atoms with Gasteiger partial charge in [-0.1, -0.05) is 32.8 Å². The van der Waals surface area contributed by atoms with Crippen molar-refractivity contribution in [3.63, 3.8) is 0 Å². The molecule has 156 valence electrons. The molecule has 5 heteroatoms. The van der Waals surface area contributed by atoms with Crippen LogP contribution in [-0.2, 0) is 14.2 Å². The smallest absolute Gasteiger partial charge is 0.438 e. The van der Waals surface area contributed by atoms with Crippen LogP contribution in [0.5, 0.6) is 0 Å². The minimum Gasteiger partial charge on any atom is -0.438 e. The van der Waals surface area contributed by atoms with E-state index >= 15 is 0 Å². The topological polar surface area (TPSA) is 68.3 Å². The molecular formula is C23H34O5. The highest BCUT2D eigenvalue weighted by Gasteiger charge is 2.68. The number of carbonyl (C=O) groups excluding carboxylic acids is 1. The Morgan fingerprint density at radius 1 is 1.29 bits per heavy atom. The fraction of sp³-hybridized carbons (Fsp3) is 0.870. The second-order valence-corrected chi connectivity index (χ2v) is 10.5. The summed E-state index contributed by atoms with van der Waals surface area (Å²) in [5, 5.41) is 10.6. The minimum atomic E-state index is -0.988. The van der Waals surface area contributed by atoms with E-state index in [1.165, 1.54) is 38.4 Å². The van der Waals surface area contributed by atoms with Gasteiger partial charge in [-0.05, 0) is 66.8 Å². The van der Waals surface area contributed by atoms with Gasteiger partial charge in [0.25, 0.3) is 0 Å². The summed E-state index contributed by atoms with van der Waals surface area (Å²) in [5.41, 5.74) is 1.58. The molecule has 0 spiro atoms. The van der Waals surface area contributed by atoms with E-state index in [0.29, 0.717) is 29.6 Å². The molecule has 0 aromatic heterocycles. The first-order valence-electron chi connectivity index (χ1n) is 11.1. The summed E-state index contributed by atoms with van der Waals surface area (Å²) < 4.78 is 16.4. The maximum absolute atomic E-state index is 12.1. The highest BCUT2D eigenvalue weighted by Crippen LogP contribution is 2.69. The van der Waals surface area contributed by atoms with Gasteiger partial charge in [0.15, 0.2) is 5.79 Å². The number of aliphatic hydroxyl groups is 1. The molecule has 5 rings (SSSR count). The molecule has 9 atom stereocenters. The number of fused-ring (bicyclic) bond motifs is 6. The SMILES string of the molecule is CC[C@H]1CC[C@H]2[C@@H]3[C@H](OC(=O)OC)C=C4C[C@]5(O)O[C@H]5C[C@]4(C)[C@H]3CC[C@]12C. The minimum absolute atomic E-state index is 0.0275. The molecule has 0 radical (unpaired) electrons. The van der Waals surface area contributed by atoms with Crippen molar-refractivity contribution in [2.24, 2.45) is 34.5 Å². The molecule has 3 saturated carbocycles. The number of hydrogen-bond donors (Lipinski definition) is 1. The average molecular weight is 391 g/mol. The molecule has 0 unspecified atom stereocenters. The fourth-order valence-corrected chi connectivity index (χ4v) is 7.96. The van der Waals surface area contributed by atoms with Crippen LogP contribution in [-0.4, -0.2) is 36.4 Å². The van der Waals surface area contributed by atoms with Gasteiger partial charge >= 0.3 is 6.16 Å². The van der Waals surface area contributed by atoms with Gasteiger partial charge in [-0.3, -0.25) is 0 Å². The number of rotatable bonds is 2. The number of methoxy groups -OCH3 is 1. The van der Waals surface area contributed by atoms with Crippen molar-refractivity contribution in [2.45, 2.75) is 83.7 Å². The van der Waals surface area contributed by atoms with E-state index in [1.54, 1.807) is 0 Å². The molecule has 1 aliphatic heterocycles. The largest absolute Gasteiger partial charge is 0.508 e. The third-order valence-electron chi connectivity index (χ3n) is 9.56. The van der Waals surface area contributed by atoms with Gasteiger partial charge in [-0.25, -0.2) is 4.79 Å². The van der Waals surface area contributed by atoms with Crippen LogP contribution in [0.1, 0.15) is 65.7 Å². The molecule has 28 heavy (non-hydrogen) atoms. The van der Waals surface area contributed by atoms with Crippen LogP contribution in [0.15, 0.2) is 11.6 Å². The fourth-order valence-electron chi connectivity index (χ4n) is 7.96. The first-order chi connectivity index (χ1) is 13.2. The third-order valence-corrected chi connectivity index (χ3v) is 9.56. The summed E-state index contributed by atoms with van der Waals surface area (Å²) >= 11 is 0. The van der Waals surface area contributed by atoms with E-state index < -0.39 is 11.9 Å². The van der Waals surface area contributed by atoms with Crippen LogP contribution in [0.25, 0.3) is 0 Å². The molecule has 0 aromatic rings. The summed E-state index contributed by atoms with van der Waals surface area (Å²) in [5.74, 6) is 1.13. The molecule has 1 heterocycles. The zero-order valence-electron chi connectivity index (χ0n) is 17.6.